The molecule has 3 N–H and O–H groups in total. The number of amides is 3. The number of hydrazone groups is 1. The van der Waals surface area contributed by atoms with Crippen molar-refractivity contribution in [3.63, 3.8) is 0 Å². The number of rotatable bonds is 8. The van der Waals surface area contributed by atoms with Crippen molar-refractivity contribution in [2.45, 2.75) is 13.8 Å². The first kappa shape index (κ1) is 25.0. The number of carbonyl (C=O) groups excluding carboxylic acids is 3. The number of anilines is 2. The van der Waals surface area contributed by atoms with Gasteiger partial charge in [-0.05, 0) is 79.1 Å². The van der Waals surface area contributed by atoms with E-state index in [1.807, 2.05) is 32.0 Å². The van der Waals surface area contributed by atoms with Crippen LogP contribution in [0.2, 0.25) is 0 Å². The van der Waals surface area contributed by atoms with Crippen molar-refractivity contribution < 1.29 is 23.9 Å². The summed E-state index contributed by atoms with van der Waals surface area (Å²) in [5.41, 5.74) is 6.04. The van der Waals surface area contributed by atoms with Crippen LogP contribution in [0.15, 0.2) is 71.8 Å². The van der Waals surface area contributed by atoms with Gasteiger partial charge in [0, 0.05) is 5.69 Å². The quantitative estimate of drug-likeness (QED) is 0.263. The molecular formula is C26H26N4O5. The maximum absolute atomic E-state index is 12.1. The summed E-state index contributed by atoms with van der Waals surface area (Å²) in [7, 11) is 1.46. The van der Waals surface area contributed by atoms with Gasteiger partial charge >= 0.3 is 11.8 Å². The number of nitrogens with one attached hydrogen (secondary N) is 3. The second-order valence-electron chi connectivity index (χ2n) is 7.64. The lowest BCUT2D eigenvalue weighted by Crippen LogP contribution is -2.32. The van der Waals surface area contributed by atoms with Gasteiger partial charge in [0.1, 0.15) is 11.5 Å². The maximum Gasteiger partial charge on any atom is 0.329 e. The molecule has 0 unspecified atom stereocenters. The zero-order valence-electron chi connectivity index (χ0n) is 19.6. The zero-order valence-corrected chi connectivity index (χ0v) is 19.6. The average Bonchev–Trinajstić information content (AvgIpc) is 2.83. The first-order valence-electron chi connectivity index (χ1n) is 10.7. The fraction of sp³-hybridized carbons (Fsp3) is 0.154. The highest BCUT2D eigenvalue weighted by Gasteiger charge is 2.14. The molecule has 0 heterocycles. The van der Waals surface area contributed by atoms with Crippen LogP contribution in [-0.2, 0) is 14.4 Å². The van der Waals surface area contributed by atoms with E-state index in [1.54, 1.807) is 48.5 Å². The molecule has 0 saturated carbocycles. The zero-order chi connectivity index (χ0) is 25.2. The summed E-state index contributed by atoms with van der Waals surface area (Å²) in [4.78, 5) is 36.2. The number of hydrogen-bond acceptors (Lipinski definition) is 6. The number of para-hydroxylation sites is 2. The molecule has 0 bridgehead atoms. The van der Waals surface area contributed by atoms with E-state index in [1.165, 1.54) is 13.3 Å². The number of aryl methyl sites for hydroxylation is 2. The average molecular weight is 475 g/mol. The summed E-state index contributed by atoms with van der Waals surface area (Å²) in [6, 6.07) is 19.3. The van der Waals surface area contributed by atoms with Gasteiger partial charge in [0.2, 0.25) is 0 Å². The number of ether oxygens (including phenoxy) is 2. The van der Waals surface area contributed by atoms with Gasteiger partial charge in [0.25, 0.3) is 5.91 Å². The van der Waals surface area contributed by atoms with E-state index < -0.39 is 11.8 Å². The molecule has 0 aliphatic carbocycles. The highest BCUT2D eigenvalue weighted by atomic mass is 16.5. The van der Waals surface area contributed by atoms with Crippen molar-refractivity contribution in [3.05, 3.63) is 83.4 Å². The molecule has 3 aromatic carbocycles. The molecule has 0 spiro atoms. The minimum absolute atomic E-state index is 0.141. The van der Waals surface area contributed by atoms with Gasteiger partial charge in [-0.1, -0.05) is 18.2 Å². The molecule has 0 atom stereocenters. The second kappa shape index (κ2) is 12.0. The van der Waals surface area contributed by atoms with E-state index >= 15 is 0 Å². The van der Waals surface area contributed by atoms with Gasteiger partial charge < -0.3 is 20.1 Å². The first-order chi connectivity index (χ1) is 16.8. The Morgan fingerprint density at radius 3 is 2.26 bits per heavy atom. The maximum atomic E-state index is 12.1. The van der Waals surface area contributed by atoms with Gasteiger partial charge in [-0.25, -0.2) is 5.43 Å². The third-order valence-electron chi connectivity index (χ3n) is 4.70. The van der Waals surface area contributed by atoms with Crippen molar-refractivity contribution in [1.82, 2.24) is 5.43 Å². The SMILES string of the molecule is COc1ccccc1NC(=O)C(=O)N/N=C/c1ccc(OCC(=O)Nc2cc(C)cc(C)c2)cc1. The lowest BCUT2D eigenvalue weighted by atomic mass is 10.1. The molecule has 3 amide bonds. The normalized spacial score (nSPS) is 10.5. The van der Waals surface area contributed by atoms with Gasteiger partial charge in [0.05, 0.1) is 19.0 Å². The molecule has 0 aliphatic rings. The number of carbonyl (C=O) groups is 3. The Balaban J connectivity index is 1.45. The minimum atomic E-state index is -0.929. The number of hydrogen-bond donors (Lipinski definition) is 3. The van der Waals surface area contributed by atoms with Crippen molar-refractivity contribution >= 4 is 35.3 Å². The molecule has 180 valence electrons. The second-order valence-corrected chi connectivity index (χ2v) is 7.64. The molecule has 0 saturated heterocycles. The van der Waals surface area contributed by atoms with E-state index in [4.69, 9.17) is 9.47 Å². The number of methoxy groups -OCH3 is 1. The van der Waals surface area contributed by atoms with E-state index in [9.17, 15) is 14.4 Å². The van der Waals surface area contributed by atoms with Crippen LogP contribution in [0.5, 0.6) is 11.5 Å². The molecule has 9 nitrogen and oxygen atoms in total. The van der Waals surface area contributed by atoms with Crippen molar-refractivity contribution in [1.29, 1.82) is 0 Å². The Morgan fingerprint density at radius 1 is 0.886 bits per heavy atom. The Morgan fingerprint density at radius 2 is 1.57 bits per heavy atom. The molecule has 9 heteroatoms. The lowest BCUT2D eigenvalue weighted by Gasteiger charge is -2.09. The van der Waals surface area contributed by atoms with Crippen molar-refractivity contribution in [2.75, 3.05) is 24.4 Å². The summed E-state index contributed by atoms with van der Waals surface area (Å²) in [6.45, 7) is 3.79. The standard InChI is InChI=1S/C26H26N4O5/c1-17-12-18(2)14-20(13-17)28-24(31)16-35-21-10-8-19(9-11-21)15-27-30-26(33)25(32)29-22-6-4-5-7-23(22)34-3/h4-15H,16H2,1-3H3,(H,28,31)(H,29,32)(H,30,33)/b27-15+. The highest BCUT2D eigenvalue weighted by molar-refractivity contribution is 6.39. The molecule has 0 aliphatic heterocycles. The third-order valence-corrected chi connectivity index (χ3v) is 4.70. The largest absolute Gasteiger partial charge is 0.495 e. The Kier molecular flexibility index (Phi) is 8.55. The fourth-order valence-electron chi connectivity index (χ4n) is 3.19. The van der Waals surface area contributed by atoms with E-state index in [0.717, 1.165) is 16.8 Å². The highest BCUT2D eigenvalue weighted by Crippen LogP contribution is 2.22. The lowest BCUT2D eigenvalue weighted by molar-refractivity contribution is -0.136. The molecule has 0 aromatic heterocycles. The van der Waals surface area contributed by atoms with Gasteiger partial charge in [-0.2, -0.15) is 5.10 Å². The van der Waals surface area contributed by atoms with Crippen molar-refractivity contribution in [2.24, 2.45) is 5.10 Å². The smallest absolute Gasteiger partial charge is 0.329 e. The fourth-order valence-corrected chi connectivity index (χ4v) is 3.19. The van der Waals surface area contributed by atoms with Crippen LogP contribution in [0, 0.1) is 13.8 Å². The molecule has 0 radical (unpaired) electrons. The van der Waals surface area contributed by atoms with Crippen LogP contribution in [0.3, 0.4) is 0 Å². The summed E-state index contributed by atoms with van der Waals surface area (Å²) < 4.78 is 10.6. The van der Waals surface area contributed by atoms with Gasteiger partial charge in [-0.15, -0.1) is 0 Å². The topological polar surface area (TPSA) is 118 Å². The van der Waals surface area contributed by atoms with E-state index in [-0.39, 0.29) is 12.5 Å². The van der Waals surface area contributed by atoms with Crippen LogP contribution in [-0.4, -0.2) is 37.7 Å². The molecular weight excluding hydrogens is 448 g/mol. The predicted molar refractivity (Wildman–Crippen MR) is 134 cm³/mol. The van der Waals surface area contributed by atoms with E-state index in [2.05, 4.69) is 21.2 Å². The number of nitrogens with zero attached hydrogens (tertiary/aromatic N) is 1. The van der Waals surface area contributed by atoms with Crippen molar-refractivity contribution in [3.8, 4) is 11.5 Å². The summed E-state index contributed by atoms with van der Waals surface area (Å²) in [5.74, 6) is -1.15. The molecule has 3 rings (SSSR count). The third kappa shape index (κ3) is 7.71. The monoisotopic (exact) mass is 474 g/mol. The van der Waals surface area contributed by atoms with Crippen LogP contribution in [0.4, 0.5) is 11.4 Å². The minimum Gasteiger partial charge on any atom is -0.495 e. The summed E-state index contributed by atoms with van der Waals surface area (Å²) in [5, 5.41) is 9.06. The predicted octanol–water partition coefficient (Wildman–Crippen LogP) is 3.42. The molecule has 35 heavy (non-hydrogen) atoms. The molecule has 0 fully saturated rings. The van der Waals surface area contributed by atoms with Crippen LogP contribution in [0.25, 0.3) is 0 Å². The van der Waals surface area contributed by atoms with Crippen LogP contribution >= 0.6 is 0 Å². The molecule has 3 aromatic rings. The number of benzene rings is 3. The first-order valence-corrected chi connectivity index (χ1v) is 10.7. The summed E-state index contributed by atoms with van der Waals surface area (Å²) >= 11 is 0. The Hall–Kier alpha value is -4.66. The van der Waals surface area contributed by atoms with Gasteiger partial charge in [0.15, 0.2) is 6.61 Å². The Labute approximate surface area is 203 Å². The van der Waals surface area contributed by atoms with Crippen LogP contribution < -0.4 is 25.5 Å². The Bertz CT molecular complexity index is 1220. The van der Waals surface area contributed by atoms with Gasteiger partial charge in [-0.3, -0.25) is 14.4 Å². The summed E-state index contributed by atoms with van der Waals surface area (Å²) in [6.07, 6.45) is 1.38. The van der Waals surface area contributed by atoms with E-state index in [0.29, 0.717) is 22.7 Å². The van der Waals surface area contributed by atoms with Crippen LogP contribution in [0.1, 0.15) is 16.7 Å².